The lowest BCUT2D eigenvalue weighted by Crippen LogP contribution is -2.44. The van der Waals surface area contributed by atoms with Crippen molar-refractivity contribution < 1.29 is 14.3 Å². The molecule has 0 amide bonds. The maximum Gasteiger partial charge on any atom is 0.321 e. The zero-order chi connectivity index (χ0) is 22.9. The summed E-state index contributed by atoms with van der Waals surface area (Å²) in [6.07, 6.45) is 6.28. The van der Waals surface area contributed by atoms with Crippen molar-refractivity contribution in [3.05, 3.63) is 69.5 Å². The second-order valence-corrected chi connectivity index (χ2v) is 10.1. The van der Waals surface area contributed by atoms with Crippen molar-refractivity contribution in [1.82, 2.24) is 4.90 Å². The van der Waals surface area contributed by atoms with Crippen LogP contribution >= 0.6 is 23.2 Å². The van der Waals surface area contributed by atoms with Crippen molar-refractivity contribution in [2.24, 2.45) is 5.41 Å². The molecule has 6 heteroatoms. The first-order chi connectivity index (χ1) is 14.5. The molecule has 1 saturated heterocycles. The Bertz CT molecular complexity index is 1010. The van der Waals surface area contributed by atoms with Crippen molar-refractivity contribution >= 4 is 29.2 Å². The number of carbonyl (C=O) groups is 1. The second kappa shape index (κ2) is 9.20. The Balaban J connectivity index is 2.28. The maximum absolute atomic E-state index is 15.2. The van der Waals surface area contributed by atoms with Gasteiger partial charge in [-0.15, -0.1) is 6.42 Å². The van der Waals surface area contributed by atoms with Gasteiger partial charge in [0.1, 0.15) is 11.9 Å². The van der Waals surface area contributed by atoms with E-state index in [1.54, 1.807) is 30.3 Å². The molecule has 2 aromatic carbocycles. The summed E-state index contributed by atoms with van der Waals surface area (Å²) in [5, 5.41) is 11.0. The molecule has 1 fully saturated rings. The monoisotopic (exact) mass is 461 g/mol. The van der Waals surface area contributed by atoms with Crippen LogP contribution < -0.4 is 0 Å². The molecule has 1 aliphatic heterocycles. The molecule has 4 unspecified atom stereocenters. The summed E-state index contributed by atoms with van der Waals surface area (Å²) in [7, 11) is 0. The van der Waals surface area contributed by atoms with Gasteiger partial charge in [-0.2, -0.15) is 0 Å². The molecule has 1 aliphatic rings. The lowest BCUT2D eigenvalue weighted by molar-refractivity contribution is -0.143. The van der Waals surface area contributed by atoms with Gasteiger partial charge >= 0.3 is 5.97 Å². The van der Waals surface area contributed by atoms with Gasteiger partial charge in [0.2, 0.25) is 0 Å². The Hall–Kier alpha value is -2.06. The Labute approximate surface area is 193 Å². The molecule has 3 rings (SSSR count). The fourth-order valence-electron chi connectivity index (χ4n) is 4.82. The number of aliphatic carboxylic acids is 1. The van der Waals surface area contributed by atoms with Gasteiger partial charge in [0.15, 0.2) is 0 Å². The van der Waals surface area contributed by atoms with Gasteiger partial charge in [-0.1, -0.05) is 68.1 Å². The van der Waals surface area contributed by atoms with Gasteiger partial charge in [0.05, 0.1) is 6.54 Å². The molecular formula is C25H26Cl2FNO2. The topological polar surface area (TPSA) is 40.5 Å². The predicted octanol–water partition coefficient (Wildman–Crippen LogP) is 6.21. The third-order valence-corrected chi connectivity index (χ3v) is 6.30. The molecule has 0 radical (unpaired) electrons. The number of carboxylic acids is 1. The standard InChI is InChI=1S/C25H26Cl2FNO2/c1-5-11-29-20(14-25(2,3)4)22(18-10-9-17(27)13-19(18)28)21(23(29)24(30)31)15-7-6-8-16(26)12-15/h1,6-10,12-13,20-23H,11,14H2,2-4H3,(H,30,31). The van der Waals surface area contributed by atoms with Gasteiger partial charge in [-0.3, -0.25) is 9.69 Å². The molecule has 0 aliphatic carbocycles. The van der Waals surface area contributed by atoms with E-state index in [4.69, 9.17) is 29.6 Å². The van der Waals surface area contributed by atoms with E-state index in [1.165, 1.54) is 6.07 Å². The largest absolute Gasteiger partial charge is 0.480 e. The van der Waals surface area contributed by atoms with Crippen molar-refractivity contribution in [2.45, 2.75) is 51.1 Å². The van der Waals surface area contributed by atoms with Crippen LogP contribution in [0.1, 0.15) is 50.2 Å². The number of rotatable bonds is 5. The highest BCUT2D eigenvalue weighted by molar-refractivity contribution is 6.30. The second-order valence-electron chi connectivity index (χ2n) is 9.26. The molecule has 3 nitrogen and oxygen atoms in total. The number of benzene rings is 2. The predicted molar refractivity (Wildman–Crippen MR) is 123 cm³/mol. The van der Waals surface area contributed by atoms with Crippen LogP contribution in [0.5, 0.6) is 0 Å². The van der Waals surface area contributed by atoms with Crippen molar-refractivity contribution in [1.29, 1.82) is 0 Å². The van der Waals surface area contributed by atoms with E-state index in [0.717, 1.165) is 5.56 Å². The summed E-state index contributed by atoms with van der Waals surface area (Å²) in [4.78, 5) is 14.4. The number of nitrogens with zero attached hydrogens (tertiary/aromatic N) is 1. The quantitative estimate of drug-likeness (QED) is 0.538. The molecular weight excluding hydrogens is 436 g/mol. The average molecular weight is 462 g/mol. The lowest BCUT2D eigenvalue weighted by atomic mass is 9.74. The highest BCUT2D eigenvalue weighted by atomic mass is 35.5. The van der Waals surface area contributed by atoms with Crippen LogP contribution in [0.2, 0.25) is 10.0 Å². The molecule has 0 bridgehead atoms. The zero-order valence-electron chi connectivity index (χ0n) is 17.8. The normalized spacial score (nSPS) is 24.2. The summed E-state index contributed by atoms with van der Waals surface area (Å²) >= 11 is 12.3. The minimum Gasteiger partial charge on any atom is -0.480 e. The molecule has 0 saturated carbocycles. The van der Waals surface area contributed by atoms with Gasteiger partial charge < -0.3 is 5.11 Å². The molecule has 4 atom stereocenters. The zero-order valence-corrected chi connectivity index (χ0v) is 19.3. The Morgan fingerprint density at radius 1 is 1.16 bits per heavy atom. The molecule has 1 N–H and O–H groups in total. The third-order valence-electron chi connectivity index (χ3n) is 5.83. The van der Waals surface area contributed by atoms with Crippen molar-refractivity contribution in [3.63, 3.8) is 0 Å². The van der Waals surface area contributed by atoms with Crippen LogP contribution in [0.25, 0.3) is 0 Å². The SMILES string of the molecule is C#CCN1C(CC(C)(C)C)C(c2ccc(Cl)cc2F)C(c2cccc(Cl)c2)C1C(=O)O. The minimum atomic E-state index is -0.990. The van der Waals surface area contributed by atoms with Crippen LogP contribution in [0.3, 0.4) is 0 Å². The summed E-state index contributed by atoms with van der Waals surface area (Å²) in [5.41, 5.74) is 1.05. The number of likely N-dealkylation sites (tertiary alicyclic amines) is 1. The van der Waals surface area contributed by atoms with Crippen molar-refractivity contribution in [3.8, 4) is 12.3 Å². The third kappa shape index (κ3) is 5.06. The van der Waals surface area contributed by atoms with Crippen LogP contribution in [0, 0.1) is 23.6 Å². The summed E-state index contributed by atoms with van der Waals surface area (Å²) in [6.45, 7) is 6.40. The number of hydrogen-bond acceptors (Lipinski definition) is 2. The molecule has 0 aromatic heterocycles. The van der Waals surface area contributed by atoms with Crippen LogP contribution in [0.15, 0.2) is 42.5 Å². The fraction of sp³-hybridized carbons (Fsp3) is 0.400. The van der Waals surface area contributed by atoms with Gasteiger partial charge in [0, 0.05) is 27.9 Å². The maximum atomic E-state index is 15.2. The Morgan fingerprint density at radius 2 is 1.84 bits per heavy atom. The van der Waals surface area contributed by atoms with E-state index in [1.807, 2.05) is 11.0 Å². The van der Waals surface area contributed by atoms with Crippen molar-refractivity contribution in [2.75, 3.05) is 6.54 Å². The highest BCUT2D eigenvalue weighted by Crippen LogP contribution is 2.51. The average Bonchev–Trinajstić information content (AvgIpc) is 2.95. The first-order valence-corrected chi connectivity index (χ1v) is 10.9. The van der Waals surface area contributed by atoms with E-state index in [2.05, 4.69) is 26.7 Å². The summed E-state index contributed by atoms with van der Waals surface area (Å²) in [5.74, 6) is 0.197. The summed E-state index contributed by atoms with van der Waals surface area (Å²) < 4.78 is 15.2. The number of hydrogen-bond donors (Lipinski definition) is 1. The smallest absolute Gasteiger partial charge is 0.321 e. The lowest BCUT2D eigenvalue weighted by Gasteiger charge is -2.34. The Morgan fingerprint density at radius 3 is 2.39 bits per heavy atom. The van der Waals surface area contributed by atoms with Crippen LogP contribution in [0.4, 0.5) is 4.39 Å². The Kier molecular flexibility index (Phi) is 7.01. The molecule has 31 heavy (non-hydrogen) atoms. The summed E-state index contributed by atoms with van der Waals surface area (Å²) in [6, 6.07) is 10.5. The molecule has 0 spiro atoms. The fourth-order valence-corrected chi connectivity index (χ4v) is 5.18. The first-order valence-electron chi connectivity index (χ1n) is 10.2. The number of halogens is 3. The van der Waals surface area contributed by atoms with Crippen LogP contribution in [-0.4, -0.2) is 34.6 Å². The van der Waals surface area contributed by atoms with E-state index in [9.17, 15) is 9.90 Å². The van der Waals surface area contributed by atoms with Gasteiger partial charge in [0.25, 0.3) is 0 Å². The first kappa shape index (κ1) is 23.6. The number of carboxylic acid groups (broad SMARTS) is 1. The molecule has 2 aromatic rings. The van der Waals surface area contributed by atoms with E-state index in [0.29, 0.717) is 22.0 Å². The van der Waals surface area contributed by atoms with E-state index >= 15 is 4.39 Å². The van der Waals surface area contributed by atoms with Gasteiger partial charge in [-0.05, 0) is 47.2 Å². The van der Waals surface area contributed by atoms with E-state index < -0.39 is 29.7 Å². The highest BCUT2D eigenvalue weighted by Gasteiger charge is 2.54. The van der Waals surface area contributed by atoms with Gasteiger partial charge in [-0.25, -0.2) is 4.39 Å². The molecule has 164 valence electrons. The minimum absolute atomic E-state index is 0.134. The molecule has 1 heterocycles. The number of terminal acetylenes is 1. The van der Waals surface area contributed by atoms with E-state index in [-0.39, 0.29) is 18.0 Å². The van der Waals surface area contributed by atoms with Crippen LogP contribution in [-0.2, 0) is 4.79 Å².